The molecule has 1 heterocycles. The molecule has 1 spiro atoms. The fourth-order valence-corrected chi connectivity index (χ4v) is 3.41. The number of rotatable bonds is 4. The van der Waals surface area contributed by atoms with Crippen LogP contribution in [0.1, 0.15) is 44.1 Å². The Morgan fingerprint density at radius 1 is 1.09 bits per heavy atom. The number of hydrogen-bond donors (Lipinski definition) is 0. The van der Waals surface area contributed by atoms with E-state index in [-0.39, 0.29) is 0 Å². The molecule has 23 heavy (non-hydrogen) atoms. The lowest BCUT2D eigenvalue weighted by Crippen LogP contribution is -2.58. The maximum atomic E-state index is 12.8. The van der Waals surface area contributed by atoms with E-state index in [4.69, 9.17) is 9.47 Å². The molecule has 0 N–H and O–H groups in total. The zero-order chi connectivity index (χ0) is 16.2. The Morgan fingerprint density at radius 3 is 2.35 bits per heavy atom. The van der Waals surface area contributed by atoms with Crippen LogP contribution in [0.3, 0.4) is 0 Å². The molecular weight excluding hydrogens is 290 g/mol. The molecule has 0 amide bonds. The standard InChI is InChI=1S/C19H25NO3/c1-2-11-18(20(21)14-17-9-5-3-6-10-17)15-22-19(23-16-18)12-7-4-8-13-19/h2-3,5-6,9-10,14H,1,4,7-8,11-13,15-16H2. The van der Waals surface area contributed by atoms with Gasteiger partial charge < -0.3 is 14.7 Å². The molecule has 0 aromatic heterocycles. The molecule has 0 atom stereocenters. The minimum atomic E-state index is -0.722. The first kappa shape index (κ1) is 16.2. The molecule has 2 aliphatic rings. The Kier molecular flexibility index (Phi) is 4.83. The quantitative estimate of drug-likeness (QED) is 0.280. The van der Waals surface area contributed by atoms with Crippen LogP contribution in [0.15, 0.2) is 43.0 Å². The summed E-state index contributed by atoms with van der Waals surface area (Å²) in [4.78, 5) is 0. The van der Waals surface area contributed by atoms with Crippen molar-refractivity contribution in [1.82, 2.24) is 0 Å². The molecule has 1 saturated carbocycles. The van der Waals surface area contributed by atoms with E-state index in [9.17, 15) is 5.21 Å². The highest BCUT2D eigenvalue weighted by Gasteiger charge is 2.49. The normalized spacial score (nSPS) is 23.6. The van der Waals surface area contributed by atoms with Crippen molar-refractivity contribution in [3.05, 3.63) is 53.8 Å². The predicted molar refractivity (Wildman–Crippen MR) is 90.5 cm³/mol. The Hall–Kier alpha value is -1.65. The van der Waals surface area contributed by atoms with Crippen LogP contribution in [0.25, 0.3) is 0 Å². The molecule has 1 saturated heterocycles. The molecule has 1 aliphatic carbocycles. The smallest absolute Gasteiger partial charge is 0.222 e. The molecule has 1 aromatic rings. The van der Waals surface area contributed by atoms with Crippen molar-refractivity contribution in [2.75, 3.05) is 13.2 Å². The third kappa shape index (κ3) is 3.48. The highest BCUT2D eigenvalue weighted by Crippen LogP contribution is 2.38. The lowest BCUT2D eigenvalue weighted by atomic mass is 9.90. The highest BCUT2D eigenvalue weighted by atomic mass is 16.7. The second-order valence-electron chi connectivity index (χ2n) is 6.63. The lowest BCUT2D eigenvalue weighted by Gasteiger charge is -2.45. The molecule has 0 unspecified atom stereocenters. The van der Waals surface area contributed by atoms with E-state index in [1.807, 2.05) is 30.3 Å². The molecule has 0 bridgehead atoms. The van der Waals surface area contributed by atoms with E-state index in [0.29, 0.717) is 19.6 Å². The summed E-state index contributed by atoms with van der Waals surface area (Å²) >= 11 is 0. The van der Waals surface area contributed by atoms with Crippen molar-refractivity contribution in [3.63, 3.8) is 0 Å². The van der Waals surface area contributed by atoms with Gasteiger partial charge in [-0.25, -0.2) is 4.74 Å². The van der Waals surface area contributed by atoms with Gasteiger partial charge in [0.15, 0.2) is 12.0 Å². The minimum absolute atomic E-state index is 0.381. The molecule has 1 aliphatic heterocycles. The number of ether oxygens (including phenoxy) is 2. The molecule has 124 valence electrons. The molecule has 4 heteroatoms. The van der Waals surface area contributed by atoms with E-state index >= 15 is 0 Å². The Bertz CT molecular complexity index is 551. The van der Waals surface area contributed by atoms with Gasteiger partial charge >= 0.3 is 0 Å². The predicted octanol–water partition coefficient (Wildman–Crippen LogP) is 3.64. The molecule has 1 aromatic carbocycles. The summed E-state index contributed by atoms with van der Waals surface area (Å²) < 4.78 is 13.2. The van der Waals surface area contributed by atoms with E-state index in [0.717, 1.165) is 36.0 Å². The Morgan fingerprint density at radius 2 is 1.74 bits per heavy atom. The number of nitrogens with zero attached hydrogens (tertiary/aromatic N) is 1. The lowest BCUT2D eigenvalue weighted by molar-refractivity contribution is -0.576. The van der Waals surface area contributed by atoms with Gasteiger partial charge in [0, 0.05) is 24.8 Å². The summed E-state index contributed by atoms with van der Waals surface area (Å²) in [6.07, 6.45) is 9.29. The summed E-state index contributed by atoms with van der Waals surface area (Å²) in [5.74, 6) is -0.462. The third-order valence-electron chi connectivity index (χ3n) is 4.88. The summed E-state index contributed by atoms with van der Waals surface area (Å²) in [6.45, 7) is 4.56. The summed E-state index contributed by atoms with van der Waals surface area (Å²) in [5.41, 5.74) is 0.157. The summed E-state index contributed by atoms with van der Waals surface area (Å²) in [5, 5.41) is 12.8. The molecular formula is C19H25NO3. The average molecular weight is 315 g/mol. The topological polar surface area (TPSA) is 44.5 Å². The molecule has 4 nitrogen and oxygen atoms in total. The number of hydrogen-bond acceptors (Lipinski definition) is 3. The maximum Gasteiger partial charge on any atom is 0.222 e. The van der Waals surface area contributed by atoms with E-state index < -0.39 is 11.3 Å². The number of benzene rings is 1. The Labute approximate surface area is 138 Å². The van der Waals surface area contributed by atoms with Gasteiger partial charge in [0.05, 0.1) is 0 Å². The third-order valence-corrected chi connectivity index (χ3v) is 4.88. The van der Waals surface area contributed by atoms with Crippen LogP contribution in [0.4, 0.5) is 0 Å². The minimum Gasteiger partial charge on any atom is -0.623 e. The maximum absolute atomic E-state index is 12.8. The van der Waals surface area contributed by atoms with Crippen LogP contribution in [0.5, 0.6) is 0 Å². The van der Waals surface area contributed by atoms with Crippen LogP contribution in [-0.4, -0.2) is 35.5 Å². The molecule has 0 radical (unpaired) electrons. The van der Waals surface area contributed by atoms with Crippen molar-refractivity contribution in [3.8, 4) is 0 Å². The fourth-order valence-electron chi connectivity index (χ4n) is 3.41. The first-order chi connectivity index (χ1) is 11.2. The van der Waals surface area contributed by atoms with Crippen molar-refractivity contribution < 1.29 is 14.2 Å². The monoisotopic (exact) mass is 315 g/mol. The fraction of sp³-hybridized carbons (Fsp3) is 0.526. The molecule has 3 rings (SSSR count). The van der Waals surface area contributed by atoms with Crippen molar-refractivity contribution in [1.29, 1.82) is 0 Å². The highest BCUT2D eigenvalue weighted by molar-refractivity contribution is 5.75. The van der Waals surface area contributed by atoms with Gasteiger partial charge in [-0.05, 0) is 25.0 Å². The SMILES string of the molecule is C=CCC1([N+]([O-])=Cc2ccccc2)COC2(CCCCC2)OC1. The van der Waals surface area contributed by atoms with Gasteiger partial charge in [-0.3, -0.25) is 0 Å². The summed E-state index contributed by atoms with van der Waals surface area (Å²) in [6, 6.07) is 9.61. The first-order valence-corrected chi connectivity index (χ1v) is 8.43. The zero-order valence-corrected chi connectivity index (χ0v) is 13.6. The van der Waals surface area contributed by atoms with Crippen LogP contribution in [-0.2, 0) is 9.47 Å². The van der Waals surface area contributed by atoms with Gasteiger partial charge in [0.25, 0.3) is 0 Å². The summed E-state index contributed by atoms with van der Waals surface area (Å²) in [7, 11) is 0. The number of hydroxylamine groups is 1. The van der Waals surface area contributed by atoms with E-state index in [1.165, 1.54) is 6.42 Å². The second-order valence-corrected chi connectivity index (χ2v) is 6.63. The van der Waals surface area contributed by atoms with Gasteiger partial charge in [-0.15, -0.1) is 6.58 Å². The van der Waals surface area contributed by atoms with E-state index in [2.05, 4.69) is 6.58 Å². The molecule has 2 fully saturated rings. The van der Waals surface area contributed by atoms with Crippen molar-refractivity contribution in [2.45, 2.75) is 49.9 Å². The van der Waals surface area contributed by atoms with Crippen LogP contribution in [0, 0.1) is 5.21 Å². The van der Waals surface area contributed by atoms with Crippen LogP contribution in [0.2, 0.25) is 0 Å². The van der Waals surface area contributed by atoms with Crippen LogP contribution >= 0.6 is 0 Å². The van der Waals surface area contributed by atoms with Crippen LogP contribution < -0.4 is 0 Å². The Balaban J connectivity index is 1.78. The average Bonchev–Trinajstić information content (AvgIpc) is 2.59. The first-order valence-electron chi connectivity index (χ1n) is 8.43. The van der Waals surface area contributed by atoms with Gasteiger partial charge in [-0.1, -0.05) is 30.7 Å². The largest absolute Gasteiger partial charge is 0.623 e. The van der Waals surface area contributed by atoms with Gasteiger partial charge in [-0.2, -0.15) is 0 Å². The van der Waals surface area contributed by atoms with Gasteiger partial charge in [0.1, 0.15) is 13.2 Å². The van der Waals surface area contributed by atoms with Gasteiger partial charge in [0.2, 0.25) is 5.54 Å². The zero-order valence-electron chi connectivity index (χ0n) is 13.6. The van der Waals surface area contributed by atoms with Crippen molar-refractivity contribution >= 4 is 6.21 Å². The van der Waals surface area contributed by atoms with E-state index in [1.54, 1.807) is 12.3 Å². The second kappa shape index (κ2) is 6.85. The van der Waals surface area contributed by atoms with Crippen molar-refractivity contribution in [2.24, 2.45) is 0 Å².